The summed E-state index contributed by atoms with van der Waals surface area (Å²) < 4.78 is 23.1. The van der Waals surface area contributed by atoms with E-state index in [1.54, 1.807) is 6.08 Å². The summed E-state index contributed by atoms with van der Waals surface area (Å²) in [5.74, 6) is -0.246. The van der Waals surface area contributed by atoms with Gasteiger partial charge in [0.05, 0.1) is 39.9 Å². The molecule has 51 heavy (non-hydrogen) atoms. The summed E-state index contributed by atoms with van der Waals surface area (Å²) in [5, 5.41) is 13.7. The molecule has 0 heterocycles. The van der Waals surface area contributed by atoms with Crippen molar-refractivity contribution in [3.05, 3.63) is 72.9 Å². The highest BCUT2D eigenvalue weighted by molar-refractivity contribution is 7.45. The van der Waals surface area contributed by atoms with E-state index in [9.17, 15) is 19.4 Å². The Morgan fingerprint density at radius 2 is 1.22 bits per heavy atom. The molecule has 0 saturated carbocycles. The van der Waals surface area contributed by atoms with Crippen LogP contribution in [-0.4, -0.2) is 68.5 Å². The number of quaternary nitrogens is 1. The van der Waals surface area contributed by atoms with Crippen LogP contribution in [0.1, 0.15) is 136 Å². The van der Waals surface area contributed by atoms with Gasteiger partial charge in [-0.25, -0.2) is 0 Å². The first-order chi connectivity index (χ1) is 24.5. The number of phosphoric acid groups is 1. The van der Waals surface area contributed by atoms with Crippen molar-refractivity contribution in [3.63, 3.8) is 0 Å². The van der Waals surface area contributed by atoms with Gasteiger partial charge >= 0.3 is 0 Å². The molecule has 1 amide bonds. The van der Waals surface area contributed by atoms with Crippen molar-refractivity contribution >= 4 is 13.7 Å². The standard InChI is InChI=1S/C42H75N2O6P/c1-6-8-10-12-14-16-18-20-21-22-24-25-27-29-31-33-35-41(45)40(39-50-51(47,48)49-38-37-44(3,4)5)43-42(46)36-34-32-30-28-26-23-19-17-15-13-11-9-7-2/h9,11,15,17,20-21,23,25-27,33,35,40-41,45H,6-8,10,12-14,16,18-19,22,24,28-32,34,36-39H2,1-5H3,(H-,43,46,47,48)/b11-9-,17-15-,21-20+,26-23-,27-25+,35-33+. The van der Waals surface area contributed by atoms with Crippen LogP contribution in [0.2, 0.25) is 0 Å². The van der Waals surface area contributed by atoms with Crippen molar-refractivity contribution in [2.24, 2.45) is 0 Å². The van der Waals surface area contributed by atoms with Gasteiger partial charge in [-0.1, -0.05) is 125 Å². The summed E-state index contributed by atoms with van der Waals surface area (Å²) in [6.45, 7) is 4.43. The fourth-order valence-electron chi connectivity index (χ4n) is 4.96. The number of allylic oxidation sites excluding steroid dienone is 11. The number of amides is 1. The third-order valence-corrected chi connectivity index (χ3v) is 9.09. The quantitative estimate of drug-likeness (QED) is 0.0295. The average molecular weight is 735 g/mol. The maximum atomic E-state index is 12.8. The first kappa shape index (κ1) is 48.9. The Balaban J connectivity index is 4.67. The molecule has 3 unspecified atom stereocenters. The van der Waals surface area contributed by atoms with E-state index in [-0.39, 0.29) is 12.5 Å². The maximum absolute atomic E-state index is 12.8. The molecule has 0 aliphatic rings. The molecular formula is C42H75N2O6P. The molecule has 294 valence electrons. The zero-order valence-electron chi connectivity index (χ0n) is 33.0. The number of aliphatic hydroxyl groups excluding tert-OH is 1. The number of likely N-dealkylation sites (N-methyl/N-ethyl adjacent to an activating group) is 1. The zero-order chi connectivity index (χ0) is 37.9. The predicted octanol–water partition coefficient (Wildman–Crippen LogP) is 9.83. The number of phosphoric ester groups is 1. The second-order valence-corrected chi connectivity index (χ2v) is 15.6. The zero-order valence-corrected chi connectivity index (χ0v) is 33.9. The van der Waals surface area contributed by atoms with Crippen molar-refractivity contribution in [3.8, 4) is 0 Å². The molecule has 0 aliphatic carbocycles. The molecule has 3 atom stereocenters. The first-order valence-electron chi connectivity index (χ1n) is 19.8. The number of nitrogens with zero attached hydrogens (tertiary/aromatic N) is 1. The molecule has 0 bridgehead atoms. The molecule has 2 N–H and O–H groups in total. The third-order valence-electron chi connectivity index (χ3n) is 8.13. The fraction of sp³-hybridized carbons (Fsp3) is 0.690. The van der Waals surface area contributed by atoms with Gasteiger partial charge in [0.1, 0.15) is 13.2 Å². The second kappa shape index (κ2) is 33.8. The monoisotopic (exact) mass is 735 g/mol. The van der Waals surface area contributed by atoms with Crippen molar-refractivity contribution in [1.29, 1.82) is 0 Å². The molecule has 0 radical (unpaired) electrons. The lowest BCUT2D eigenvalue weighted by Gasteiger charge is -2.29. The van der Waals surface area contributed by atoms with Gasteiger partial charge in [0.2, 0.25) is 5.91 Å². The first-order valence-corrected chi connectivity index (χ1v) is 21.3. The molecule has 0 rings (SSSR count). The molecule has 0 aromatic carbocycles. The van der Waals surface area contributed by atoms with Gasteiger partial charge in [-0.15, -0.1) is 0 Å². The van der Waals surface area contributed by atoms with E-state index in [2.05, 4.69) is 79.9 Å². The average Bonchev–Trinajstić information content (AvgIpc) is 3.07. The highest BCUT2D eigenvalue weighted by Crippen LogP contribution is 2.38. The van der Waals surface area contributed by atoms with Crippen LogP contribution in [0.5, 0.6) is 0 Å². The van der Waals surface area contributed by atoms with E-state index in [1.165, 1.54) is 44.9 Å². The molecule has 0 aromatic rings. The van der Waals surface area contributed by atoms with Crippen LogP contribution in [-0.2, 0) is 18.4 Å². The van der Waals surface area contributed by atoms with Gasteiger partial charge in [-0.3, -0.25) is 9.36 Å². The number of unbranched alkanes of at least 4 members (excludes halogenated alkanes) is 11. The largest absolute Gasteiger partial charge is 0.756 e. The number of carbonyl (C=O) groups is 1. The van der Waals surface area contributed by atoms with Gasteiger partial charge in [0, 0.05) is 6.42 Å². The number of aliphatic hydroxyl groups is 1. The molecule has 0 fully saturated rings. The van der Waals surface area contributed by atoms with Crippen LogP contribution in [0.25, 0.3) is 0 Å². The van der Waals surface area contributed by atoms with Crippen molar-refractivity contribution < 1.29 is 32.9 Å². The molecular weight excluding hydrogens is 659 g/mol. The lowest BCUT2D eigenvalue weighted by molar-refractivity contribution is -0.870. The Morgan fingerprint density at radius 3 is 1.82 bits per heavy atom. The van der Waals surface area contributed by atoms with Crippen LogP contribution in [0.3, 0.4) is 0 Å². The van der Waals surface area contributed by atoms with E-state index in [1.807, 2.05) is 27.2 Å². The minimum absolute atomic E-state index is 0.0186. The van der Waals surface area contributed by atoms with Crippen molar-refractivity contribution in [2.75, 3.05) is 40.9 Å². The van der Waals surface area contributed by atoms with Gasteiger partial charge in [0.15, 0.2) is 0 Å². The second-order valence-electron chi connectivity index (χ2n) is 14.2. The summed E-state index contributed by atoms with van der Waals surface area (Å²) in [4.78, 5) is 25.2. The van der Waals surface area contributed by atoms with Gasteiger partial charge in [0.25, 0.3) is 7.82 Å². The van der Waals surface area contributed by atoms with E-state index in [4.69, 9.17) is 9.05 Å². The van der Waals surface area contributed by atoms with Crippen LogP contribution >= 0.6 is 7.82 Å². The Bertz CT molecular complexity index is 1060. The number of hydrogen-bond donors (Lipinski definition) is 2. The minimum Gasteiger partial charge on any atom is -0.756 e. The maximum Gasteiger partial charge on any atom is 0.268 e. The van der Waals surface area contributed by atoms with Crippen LogP contribution < -0.4 is 10.2 Å². The summed E-state index contributed by atoms with van der Waals surface area (Å²) in [6.07, 6.45) is 43.8. The molecule has 0 aromatic heterocycles. The van der Waals surface area contributed by atoms with Gasteiger partial charge < -0.3 is 28.8 Å². The molecule has 9 heteroatoms. The summed E-state index contributed by atoms with van der Waals surface area (Å²) in [6, 6.07) is -0.926. The smallest absolute Gasteiger partial charge is 0.268 e. The number of carbonyl (C=O) groups excluding carboxylic acids is 1. The highest BCUT2D eigenvalue weighted by Gasteiger charge is 2.23. The Morgan fingerprint density at radius 1 is 0.706 bits per heavy atom. The molecule has 0 spiro atoms. The summed E-state index contributed by atoms with van der Waals surface area (Å²) in [5.41, 5.74) is 0. The Hall–Kier alpha value is -2.06. The van der Waals surface area contributed by atoms with Gasteiger partial charge in [-0.2, -0.15) is 0 Å². The van der Waals surface area contributed by atoms with Crippen LogP contribution in [0.4, 0.5) is 0 Å². The highest BCUT2D eigenvalue weighted by atomic mass is 31.2. The van der Waals surface area contributed by atoms with E-state index >= 15 is 0 Å². The lowest BCUT2D eigenvalue weighted by atomic mass is 10.1. The lowest BCUT2D eigenvalue weighted by Crippen LogP contribution is -2.45. The molecule has 0 aliphatic heterocycles. The summed E-state index contributed by atoms with van der Waals surface area (Å²) in [7, 11) is 1.20. The third kappa shape index (κ3) is 36.1. The Kier molecular flexibility index (Phi) is 32.4. The van der Waals surface area contributed by atoms with E-state index < -0.39 is 26.6 Å². The van der Waals surface area contributed by atoms with Crippen LogP contribution in [0, 0.1) is 0 Å². The minimum atomic E-state index is -4.60. The van der Waals surface area contributed by atoms with Gasteiger partial charge in [-0.05, 0) is 77.0 Å². The number of nitrogens with one attached hydrogen (secondary N) is 1. The SMILES string of the molecule is CC/C=C\C/C=C\C/C=C\CCCCCC(=O)NC(COP(=O)([O-])OCC[N+](C)(C)C)C(O)/C=C/CC/C=C/CC/C=C/CCCCCCCC. The molecule has 0 saturated heterocycles. The fourth-order valence-corrected chi connectivity index (χ4v) is 5.68. The topological polar surface area (TPSA) is 108 Å². The van der Waals surface area contributed by atoms with E-state index in [0.29, 0.717) is 23.9 Å². The predicted molar refractivity (Wildman–Crippen MR) is 214 cm³/mol. The number of hydrogen-bond acceptors (Lipinski definition) is 6. The van der Waals surface area contributed by atoms with Crippen molar-refractivity contribution in [1.82, 2.24) is 5.32 Å². The normalized spacial score (nSPS) is 15.4. The van der Waals surface area contributed by atoms with E-state index in [0.717, 1.165) is 64.2 Å². The number of rotatable bonds is 34. The van der Waals surface area contributed by atoms with Crippen molar-refractivity contribution in [2.45, 2.75) is 148 Å². The molecule has 8 nitrogen and oxygen atoms in total. The summed E-state index contributed by atoms with van der Waals surface area (Å²) >= 11 is 0. The van der Waals surface area contributed by atoms with Crippen LogP contribution in [0.15, 0.2) is 72.9 Å². The Labute approximate surface area is 313 Å².